The van der Waals surface area contributed by atoms with Crippen LogP contribution in [-0.2, 0) is 28.5 Å². The van der Waals surface area contributed by atoms with Crippen molar-refractivity contribution in [2.45, 2.75) is 122 Å². The Morgan fingerprint density at radius 3 is 2.49 bits per heavy atom. The van der Waals surface area contributed by atoms with Crippen LogP contribution in [0.2, 0.25) is 0 Å². The largest absolute Gasteiger partial charge is 0.458 e. The maximum Gasteiger partial charge on any atom is 0.303 e. The highest BCUT2D eigenvalue weighted by molar-refractivity contribution is 5.66. The van der Waals surface area contributed by atoms with Crippen LogP contribution < -0.4 is 0 Å². The summed E-state index contributed by atoms with van der Waals surface area (Å²) in [6, 6.07) is 0. The summed E-state index contributed by atoms with van der Waals surface area (Å²) in [6.07, 6.45) is 17.0. The molecule has 198 valence electrons. The first-order valence-electron chi connectivity index (χ1n) is 14.1. The summed E-state index contributed by atoms with van der Waals surface area (Å²) < 4.78 is 30.5. The fraction of sp³-hybridized carbons (Fsp3) is 0.828. The minimum Gasteiger partial charge on any atom is -0.458 e. The van der Waals surface area contributed by atoms with Crippen LogP contribution in [0.1, 0.15) is 90.9 Å². The van der Waals surface area contributed by atoms with Gasteiger partial charge in [-0.2, -0.15) is 0 Å². The lowest BCUT2D eigenvalue weighted by Gasteiger charge is -2.30. The van der Waals surface area contributed by atoms with E-state index in [9.17, 15) is 4.79 Å². The third-order valence-corrected chi connectivity index (χ3v) is 8.13. The molecule has 8 atom stereocenters. The van der Waals surface area contributed by atoms with Gasteiger partial charge in [0.2, 0.25) is 0 Å². The average molecular weight is 491 g/mol. The van der Waals surface area contributed by atoms with E-state index in [1.165, 1.54) is 26.2 Å². The summed E-state index contributed by atoms with van der Waals surface area (Å²) in [4.78, 5) is 11.8. The van der Waals surface area contributed by atoms with Gasteiger partial charge in [-0.25, -0.2) is 0 Å². The van der Waals surface area contributed by atoms with Crippen LogP contribution in [0.25, 0.3) is 0 Å². The SMILES string of the molecule is C=C1C[C@@H]2[C@H](/C=C/[C@H](CCCCC)OC3CCCCO3)[C@H](OC3CCCCO3)C[C@@H]2C1OC(C)=O. The Kier molecular flexibility index (Phi) is 10.3. The minimum absolute atomic E-state index is 0.0455. The van der Waals surface area contributed by atoms with Crippen LogP contribution in [-0.4, -0.2) is 50.1 Å². The van der Waals surface area contributed by atoms with E-state index in [2.05, 4.69) is 25.7 Å². The standard InChI is InChI=1S/C29H46O6/c1-4-5-6-11-22(34-27-12-7-9-16-31-27)14-15-23-24-18-20(2)29(33-21(3)30)25(24)19-26(23)35-28-13-8-10-17-32-28/h14-15,22-29H,2,4-13,16-19H2,1,3H3/b15-14+/t22-,23-,24+,25-,26+,27?,28?,29?/m0/s1. The van der Waals surface area contributed by atoms with Gasteiger partial charge in [0.05, 0.1) is 12.2 Å². The van der Waals surface area contributed by atoms with Crippen molar-refractivity contribution in [2.24, 2.45) is 17.8 Å². The molecule has 2 saturated heterocycles. The first kappa shape index (κ1) is 26.8. The second-order valence-electron chi connectivity index (χ2n) is 10.9. The lowest BCUT2D eigenvalue weighted by molar-refractivity contribution is -0.193. The van der Waals surface area contributed by atoms with E-state index in [0.29, 0.717) is 5.92 Å². The topological polar surface area (TPSA) is 63.2 Å². The van der Waals surface area contributed by atoms with Crippen molar-refractivity contribution in [1.29, 1.82) is 0 Å². The number of fused-ring (bicyclic) bond motifs is 1. The third-order valence-electron chi connectivity index (χ3n) is 8.13. The van der Waals surface area contributed by atoms with Crippen molar-refractivity contribution in [1.82, 2.24) is 0 Å². The second kappa shape index (κ2) is 13.4. The van der Waals surface area contributed by atoms with Gasteiger partial charge < -0.3 is 23.7 Å². The van der Waals surface area contributed by atoms with Gasteiger partial charge in [-0.3, -0.25) is 4.79 Å². The molecule has 2 aliphatic heterocycles. The number of unbranched alkanes of at least 4 members (excludes halogenated alkanes) is 2. The van der Waals surface area contributed by atoms with Crippen molar-refractivity contribution in [3.8, 4) is 0 Å². The van der Waals surface area contributed by atoms with Gasteiger partial charge in [-0.15, -0.1) is 0 Å². The summed E-state index contributed by atoms with van der Waals surface area (Å²) in [5, 5.41) is 0. The molecular weight excluding hydrogens is 444 g/mol. The van der Waals surface area contributed by atoms with Crippen molar-refractivity contribution in [3.05, 3.63) is 24.3 Å². The normalized spacial score (nSPS) is 36.4. The number of ether oxygens (including phenoxy) is 5. The van der Waals surface area contributed by atoms with Crippen LogP contribution >= 0.6 is 0 Å². The van der Waals surface area contributed by atoms with E-state index in [4.69, 9.17) is 23.7 Å². The molecule has 6 nitrogen and oxygen atoms in total. The van der Waals surface area contributed by atoms with E-state index in [0.717, 1.165) is 76.6 Å². The smallest absolute Gasteiger partial charge is 0.303 e. The quantitative estimate of drug-likeness (QED) is 0.198. The van der Waals surface area contributed by atoms with Gasteiger partial charge in [0.15, 0.2) is 12.6 Å². The first-order chi connectivity index (χ1) is 17.0. The third kappa shape index (κ3) is 7.41. The van der Waals surface area contributed by atoms with Gasteiger partial charge in [-0.1, -0.05) is 44.9 Å². The van der Waals surface area contributed by atoms with E-state index in [-0.39, 0.29) is 48.7 Å². The van der Waals surface area contributed by atoms with Gasteiger partial charge in [0.1, 0.15) is 6.10 Å². The second-order valence-corrected chi connectivity index (χ2v) is 10.9. The van der Waals surface area contributed by atoms with Gasteiger partial charge in [0.25, 0.3) is 0 Å². The van der Waals surface area contributed by atoms with E-state index in [1.54, 1.807) is 0 Å². The molecule has 2 saturated carbocycles. The molecule has 4 rings (SSSR count). The fourth-order valence-electron chi connectivity index (χ4n) is 6.37. The number of hydrogen-bond acceptors (Lipinski definition) is 6. The first-order valence-corrected chi connectivity index (χ1v) is 14.1. The van der Waals surface area contributed by atoms with E-state index < -0.39 is 0 Å². The van der Waals surface area contributed by atoms with Crippen molar-refractivity contribution in [3.63, 3.8) is 0 Å². The Morgan fingerprint density at radius 2 is 1.83 bits per heavy atom. The predicted octanol–water partition coefficient (Wildman–Crippen LogP) is 6.09. The lowest BCUT2D eigenvalue weighted by Crippen LogP contribution is -2.31. The molecule has 0 bridgehead atoms. The van der Waals surface area contributed by atoms with Crippen molar-refractivity contribution >= 4 is 5.97 Å². The number of carbonyl (C=O) groups is 1. The average Bonchev–Trinajstić information content (AvgIpc) is 3.33. The zero-order valence-corrected chi connectivity index (χ0v) is 21.8. The van der Waals surface area contributed by atoms with Crippen LogP contribution in [0, 0.1) is 17.8 Å². The highest BCUT2D eigenvalue weighted by atomic mass is 16.7. The van der Waals surface area contributed by atoms with Gasteiger partial charge >= 0.3 is 5.97 Å². The predicted molar refractivity (Wildman–Crippen MR) is 135 cm³/mol. The monoisotopic (exact) mass is 490 g/mol. The molecule has 0 spiro atoms. The molecule has 0 aromatic rings. The Bertz CT molecular complexity index is 708. The Labute approximate surface area is 211 Å². The molecular formula is C29H46O6. The Balaban J connectivity index is 1.48. The number of hydrogen-bond donors (Lipinski definition) is 0. The molecule has 2 aliphatic carbocycles. The maximum absolute atomic E-state index is 11.8. The molecule has 2 heterocycles. The molecule has 4 fully saturated rings. The van der Waals surface area contributed by atoms with Gasteiger partial charge in [-0.05, 0) is 69.3 Å². The molecule has 0 aromatic heterocycles. The molecule has 0 N–H and O–H groups in total. The van der Waals surface area contributed by atoms with Crippen LogP contribution in [0.15, 0.2) is 24.3 Å². The molecule has 0 aromatic carbocycles. The maximum atomic E-state index is 11.8. The van der Waals surface area contributed by atoms with Crippen LogP contribution in [0.3, 0.4) is 0 Å². The summed E-state index contributed by atoms with van der Waals surface area (Å²) in [5.41, 5.74) is 1.03. The van der Waals surface area contributed by atoms with E-state index >= 15 is 0 Å². The Hall–Kier alpha value is -1.21. The highest BCUT2D eigenvalue weighted by Crippen LogP contribution is 2.52. The number of carbonyl (C=O) groups excluding carboxylic acids is 1. The molecule has 0 radical (unpaired) electrons. The minimum atomic E-state index is -0.235. The van der Waals surface area contributed by atoms with Crippen molar-refractivity contribution < 1.29 is 28.5 Å². The molecule has 3 unspecified atom stereocenters. The van der Waals surface area contributed by atoms with Crippen molar-refractivity contribution in [2.75, 3.05) is 13.2 Å². The molecule has 6 heteroatoms. The summed E-state index contributed by atoms with van der Waals surface area (Å²) >= 11 is 0. The zero-order chi connectivity index (χ0) is 24.6. The van der Waals surface area contributed by atoms with Gasteiger partial charge in [0, 0.05) is 32.0 Å². The number of rotatable bonds is 11. The summed E-state index contributed by atoms with van der Waals surface area (Å²) in [6.45, 7) is 9.54. The highest BCUT2D eigenvalue weighted by Gasteiger charge is 2.52. The van der Waals surface area contributed by atoms with Crippen LogP contribution in [0.5, 0.6) is 0 Å². The lowest BCUT2D eigenvalue weighted by atomic mass is 9.90. The summed E-state index contributed by atoms with van der Waals surface area (Å²) in [7, 11) is 0. The van der Waals surface area contributed by atoms with E-state index in [1.807, 2.05) is 0 Å². The molecule has 4 aliphatic rings. The number of esters is 1. The Morgan fingerprint density at radius 1 is 1.09 bits per heavy atom. The van der Waals surface area contributed by atoms with Crippen LogP contribution in [0.4, 0.5) is 0 Å². The summed E-state index contributed by atoms with van der Waals surface area (Å²) in [5.74, 6) is 0.600. The molecule has 0 amide bonds. The fourth-order valence-corrected chi connectivity index (χ4v) is 6.37. The zero-order valence-electron chi connectivity index (χ0n) is 21.8. The molecule has 35 heavy (non-hydrogen) atoms.